The minimum Gasteiger partial charge on any atom is -0.488 e. The van der Waals surface area contributed by atoms with Crippen molar-refractivity contribution < 1.29 is 19.4 Å². The van der Waals surface area contributed by atoms with Gasteiger partial charge in [0.05, 0.1) is 4.91 Å². The van der Waals surface area contributed by atoms with Crippen molar-refractivity contribution in [2.24, 2.45) is 0 Å². The van der Waals surface area contributed by atoms with E-state index in [1.165, 1.54) is 16.7 Å². The predicted octanol–water partition coefficient (Wildman–Crippen LogP) is 4.99. The van der Waals surface area contributed by atoms with Crippen LogP contribution in [0.5, 0.6) is 5.75 Å². The third kappa shape index (κ3) is 5.59. The summed E-state index contributed by atoms with van der Waals surface area (Å²) in [6.07, 6.45) is 2.10. The van der Waals surface area contributed by atoms with Crippen molar-refractivity contribution in [2.75, 3.05) is 6.54 Å². The Morgan fingerprint density at radius 3 is 2.69 bits per heavy atom. The number of rotatable bonds is 8. The lowest BCUT2D eigenvalue weighted by Gasteiger charge is -2.13. The standard InChI is InChI=1S/C21H18ClNO4S2/c22-16-8-3-1-7-15(16)13-27-17-9-4-2-6-14(17)12-18-20(26)23(21(28)29-18)11-5-10-19(24)25/h1-4,6-9,12H,5,10-11,13H2,(H,24,25). The normalized spacial score (nSPS) is 15.2. The van der Waals surface area contributed by atoms with Gasteiger partial charge in [-0.05, 0) is 24.6 Å². The Morgan fingerprint density at radius 2 is 1.93 bits per heavy atom. The van der Waals surface area contributed by atoms with Crippen LogP contribution >= 0.6 is 35.6 Å². The van der Waals surface area contributed by atoms with E-state index in [0.717, 1.165) is 11.1 Å². The molecule has 0 aromatic heterocycles. The summed E-state index contributed by atoms with van der Waals surface area (Å²) in [7, 11) is 0. The fraction of sp³-hybridized carbons (Fsp3) is 0.190. The quantitative estimate of drug-likeness (QED) is 0.454. The van der Waals surface area contributed by atoms with Crippen molar-refractivity contribution in [3.05, 3.63) is 69.6 Å². The SMILES string of the molecule is O=C(O)CCCN1C(=O)C(=Cc2ccccc2OCc2ccccc2Cl)SC1=S. The Balaban J connectivity index is 1.73. The number of ether oxygens (including phenoxy) is 1. The molecule has 1 amide bonds. The zero-order valence-electron chi connectivity index (χ0n) is 15.3. The molecule has 1 N–H and O–H groups in total. The molecular weight excluding hydrogens is 430 g/mol. The van der Waals surface area contributed by atoms with Gasteiger partial charge < -0.3 is 9.84 Å². The maximum absolute atomic E-state index is 12.7. The Labute approximate surface area is 183 Å². The summed E-state index contributed by atoms with van der Waals surface area (Å²) >= 11 is 12.7. The summed E-state index contributed by atoms with van der Waals surface area (Å²) in [4.78, 5) is 25.3. The number of carbonyl (C=O) groups excluding carboxylic acids is 1. The summed E-state index contributed by atoms with van der Waals surface area (Å²) in [5, 5.41) is 9.40. The Hall–Kier alpha value is -2.35. The minimum absolute atomic E-state index is 0.00513. The first kappa shape index (κ1) is 21.4. The first-order chi connectivity index (χ1) is 14.0. The number of carboxylic acid groups (broad SMARTS) is 1. The second-order valence-electron chi connectivity index (χ2n) is 6.25. The third-order valence-electron chi connectivity index (χ3n) is 4.19. The van der Waals surface area contributed by atoms with Gasteiger partial charge >= 0.3 is 5.97 Å². The van der Waals surface area contributed by atoms with E-state index in [-0.39, 0.29) is 12.3 Å². The van der Waals surface area contributed by atoms with Crippen molar-refractivity contribution in [3.8, 4) is 5.75 Å². The molecule has 2 aromatic carbocycles. The average Bonchev–Trinajstić information content (AvgIpc) is 2.95. The molecule has 2 aromatic rings. The molecule has 0 aliphatic carbocycles. The van der Waals surface area contributed by atoms with Gasteiger partial charge in [0, 0.05) is 29.1 Å². The number of carboxylic acids is 1. The Bertz CT molecular complexity index is 977. The Morgan fingerprint density at radius 1 is 1.21 bits per heavy atom. The van der Waals surface area contributed by atoms with Crippen molar-refractivity contribution in [2.45, 2.75) is 19.4 Å². The smallest absolute Gasteiger partial charge is 0.303 e. The van der Waals surface area contributed by atoms with E-state index in [0.29, 0.717) is 39.6 Å². The zero-order chi connectivity index (χ0) is 20.8. The highest BCUT2D eigenvalue weighted by atomic mass is 35.5. The fourth-order valence-electron chi connectivity index (χ4n) is 2.72. The number of halogens is 1. The van der Waals surface area contributed by atoms with Crippen LogP contribution in [0.4, 0.5) is 0 Å². The summed E-state index contributed by atoms with van der Waals surface area (Å²) in [6.45, 7) is 0.597. The predicted molar refractivity (Wildman–Crippen MR) is 119 cm³/mol. The number of para-hydroxylation sites is 1. The average molecular weight is 448 g/mol. The van der Waals surface area contributed by atoms with Crippen molar-refractivity contribution in [1.82, 2.24) is 4.90 Å². The number of thioether (sulfide) groups is 1. The van der Waals surface area contributed by atoms with Gasteiger partial charge in [-0.25, -0.2) is 0 Å². The lowest BCUT2D eigenvalue weighted by molar-refractivity contribution is -0.137. The number of hydrogen-bond acceptors (Lipinski definition) is 5. The van der Waals surface area contributed by atoms with Crippen LogP contribution in [0.1, 0.15) is 24.0 Å². The number of thiocarbonyl (C=S) groups is 1. The molecule has 5 nitrogen and oxygen atoms in total. The molecule has 150 valence electrons. The summed E-state index contributed by atoms with van der Waals surface area (Å²) in [6, 6.07) is 14.9. The molecule has 0 radical (unpaired) electrons. The van der Waals surface area contributed by atoms with E-state index in [9.17, 15) is 9.59 Å². The van der Waals surface area contributed by atoms with E-state index in [1.807, 2.05) is 48.5 Å². The van der Waals surface area contributed by atoms with Gasteiger partial charge in [-0.2, -0.15) is 0 Å². The van der Waals surface area contributed by atoms with E-state index in [4.69, 9.17) is 33.7 Å². The van der Waals surface area contributed by atoms with Crippen LogP contribution in [0.25, 0.3) is 6.08 Å². The topological polar surface area (TPSA) is 66.8 Å². The van der Waals surface area contributed by atoms with E-state index in [1.54, 1.807) is 6.08 Å². The second-order valence-corrected chi connectivity index (χ2v) is 8.33. The molecule has 0 atom stereocenters. The molecule has 1 heterocycles. The molecule has 0 spiro atoms. The molecule has 0 saturated carbocycles. The number of aliphatic carboxylic acids is 1. The summed E-state index contributed by atoms with van der Waals surface area (Å²) in [5.74, 6) is -0.481. The molecule has 1 saturated heterocycles. The maximum Gasteiger partial charge on any atom is 0.303 e. The largest absolute Gasteiger partial charge is 0.488 e. The molecule has 3 rings (SSSR count). The first-order valence-electron chi connectivity index (χ1n) is 8.88. The molecule has 1 fully saturated rings. The first-order valence-corrected chi connectivity index (χ1v) is 10.5. The van der Waals surface area contributed by atoms with Gasteiger partial charge in [0.2, 0.25) is 0 Å². The molecule has 1 aliphatic heterocycles. The highest BCUT2D eigenvalue weighted by Gasteiger charge is 2.31. The maximum atomic E-state index is 12.7. The third-order valence-corrected chi connectivity index (χ3v) is 5.94. The lowest BCUT2D eigenvalue weighted by Crippen LogP contribution is -2.29. The van der Waals surface area contributed by atoms with Crippen LogP contribution in [-0.4, -0.2) is 32.7 Å². The van der Waals surface area contributed by atoms with Crippen LogP contribution in [0.15, 0.2) is 53.4 Å². The van der Waals surface area contributed by atoms with Gasteiger partial charge in [-0.15, -0.1) is 0 Å². The van der Waals surface area contributed by atoms with Crippen LogP contribution in [0, 0.1) is 0 Å². The van der Waals surface area contributed by atoms with E-state index in [2.05, 4.69) is 0 Å². The van der Waals surface area contributed by atoms with Crippen LogP contribution in [0.3, 0.4) is 0 Å². The number of carbonyl (C=O) groups is 2. The molecule has 8 heteroatoms. The summed E-state index contributed by atoms with van der Waals surface area (Å²) in [5.41, 5.74) is 1.62. The van der Waals surface area contributed by atoms with Crippen LogP contribution < -0.4 is 4.74 Å². The second kappa shape index (κ2) is 9.91. The Kier molecular flexibility index (Phi) is 7.30. The highest BCUT2D eigenvalue weighted by Crippen LogP contribution is 2.34. The molecule has 1 aliphatic rings. The molecular formula is C21H18ClNO4S2. The zero-order valence-corrected chi connectivity index (χ0v) is 17.7. The number of hydrogen-bond donors (Lipinski definition) is 1. The van der Waals surface area contributed by atoms with Gasteiger partial charge in [-0.1, -0.05) is 72.0 Å². The van der Waals surface area contributed by atoms with Gasteiger partial charge in [0.15, 0.2) is 0 Å². The van der Waals surface area contributed by atoms with Crippen molar-refractivity contribution in [3.63, 3.8) is 0 Å². The van der Waals surface area contributed by atoms with E-state index >= 15 is 0 Å². The van der Waals surface area contributed by atoms with E-state index < -0.39 is 5.97 Å². The lowest BCUT2D eigenvalue weighted by atomic mass is 10.1. The summed E-state index contributed by atoms with van der Waals surface area (Å²) < 4.78 is 6.36. The molecule has 0 bridgehead atoms. The van der Waals surface area contributed by atoms with Gasteiger partial charge in [-0.3, -0.25) is 14.5 Å². The number of nitrogens with zero attached hydrogens (tertiary/aromatic N) is 1. The highest BCUT2D eigenvalue weighted by molar-refractivity contribution is 8.26. The van der Waals surface area contributed by atoms with Gasteiger partial charge in [0.1, 0.15) is 16.7 Å². The monoisotopic (exact) mass is 447 g/mol. The molecule has 0 unspecified atom stereocenters. The number of amides is 1. The minimum atomic E-state index is -0.893. The van der Waals surface area contributed by atoms with Crippen molar-refractivity contribution in [1.29, 1.82) is 0 Å². The fourth-order valence-corrected chi connectivity index (χ4v) is 4.21. The van der Waals surface area contributed by atoms with Crippen LogP contribution in [0.2, 0.25) is 5.02 Å². The van der Waals surface area contributed by atoms with Crippen molar-refractivity contribution >= 4 is 57.9 Å². The molecule has 29 heavy (non-hydrogen) atoms. The number of benzene rings is 2. The van der Waals surface area contributed by atoms with Crippen LogP contribution in [-0.2, 0) is 16.2 Å². The van der Waals surface area contributed by atoms with Gasteiger partial charge in [0.25, 0.3) is 5.91 Å².